The third-order valence-electron chi connectivity index (χ3n) is 4.35. The number of carbonyl (C=O) groups is 1. The molecule has 24 heavy (non-hydrogen) atoms. The molecular weight excluding hydrogens is 298 g/mol. The van der Waals surface area contributed by atoms with Gasteiger partial charge in [-0.25, -0.2) is 4.98 Å². The SMILES string of the molecule is Cc1cnc2[nH]c3c(C)ccc(-c4cccc(NC=O)c4)c3c2c1. The lowest BCUT2D eigenvalue weighted by Crippen LogP contribution is -1.93. The summed E-state index contributed by atoms with van der Waals surface area (Å²) in [7, 11) is 0. The van der Waals surface area contributed by atoms with Gasteiger partial charge in [-0.05, 0) is 54.3 Å². The van der Waals surface area contributed by atoms with E-state index in [2.05, 4.69) is 53.4 Å². The summed E-state index contributed by atoms with van der Waals surface area (Å²) in [6.07, 6.45) is 2.57. The molecule has 118 valence electrons. The summed E-state index contributed by atoms with van der Waals surface area (Å²) < 4.78 is 0. The molecule has 1 amide bonds. The van der Waals surface area contributed by atoms with Crippen molar-refractivity contribution in [2.75, 3.05) is 5.32 Å². The van der Waals surface area contributed by atoms with Gasteiger partial charge in [0.15, 0.2) is 0 Å². The number of hydrogen-bond acceptors (Lipinski definition) is 2. The van der Waals surface area contributed by atoms with E-state index in [0.717, 1.165) is 38.9 Å². The second kappa shape index (κ2) is 5.49. The number of nitrogens with zero attached hydrogens (tertiary/aromatic N) is 1. The minimum Gasteiger partial charge on any atom is -0.339 e. The molecule has 2 aromatic heterocycles. The van der Waals surface area contributed by atoms with Gasteiger partial charge in [0, 0.05) is 22.7 Å². The molecule has 0 atom stereocenters. The Morgan fingerprint density at radius 3 is 2.83 bits per heavy atom. The maximum atomic E-state index is 10.7. The number of benzene rings is 2. The fourth-order valence-electron chi connectivity index (χ4n) is 3.21. The highest BCUT2D eigenvalue weighted by atomic mass is 16.1. The summed E-state index contributed by atoms with van der Waals surface area (Å²) in [6.45, 7) is 4.15. The molecule has 4 rings (SSSR count). The smallest absolute Gasteiger partial charge is 0.211 e. The van der Waals surface area contributed by atoms with Crippen LogP contribution in [0, 0.1) is 13.8 Å². The van der Waals surface area contributed by atoms with Crippen LogP contribution in [0.1, 0.15) is 11.1 Å². The van der Waals surface area contributed by atoms with E-state index in [9.17, 15) is 4.79 Å². The number of aromatic nitrogens is 2. The number of fused-ring (bicyclic) bond motifs is 3. The monoisotopic (exact) mass is 315 g/mol. The first kappa shape index (κ1) is 14.5. The second-order valence-electron chi connectivity index (χ2n) is 6.06. The Balaban J connectivity index is 2.07. The molecule has 0 saturated heterocycles. The molecule has 0 aliphatic carbocycles. The van der Waals surface area contributed by atoms with Crippen molar-refractivity contribution in [2.45, 2.75) is 13.8 Å². The molecule has 4 heteroatoms. The highest BCUT2D eigenvalue weighted by Crippen LogP contribution is 2.36. The zero-order chi connectivity index (χ0) is 16.7. The van der Waals surface area contributed by atoms with Crippen LogP contribution in [0.15, 0.2) is 48.7 Å². The van der Waals surface area contributed by atoms with Gasteiger partial charge in [-0.3, -0.25) is 4.79 Å². The Hall–Kier alpha value is -3.14. The molecule has 0 bridgehead atoms. The lowest BCUT2D eigenvalue weighted by Gasteiger charge is -2.08. The van der Waals surface area contributed by atoms with Crippen LogP contribution >= 0.6 is 0 Å². The number of aryl methyl sites for hydroxylation is 2. The highest BCUT2D eigenvalue weighted by Gasteiger charge is 2.13. The zero-order valence-corrected chi connectivity index (χ0v) is 13.6. The number of rotatable bonds is 3. The number of anilines is 1. The third kappa shape index (κ3) is 2.24. The quantitative estimate of drug-likeness (QED) is 0.544. The lowest BCUT2D eigenvalue weighted by atomic mass is 9.97. The van der Waals surface area contributed by atoms with Crippen LogP contribution in [0.5, 0.6) is 0 Å². The maximum Gasteiger partial charge on any atom is 0.211 e. The van der Waals surface area contributed by atoms with Crippen molar-refractivity contribution in [3.63, 3.8) is 0 Å². The minimum atomic E-state index is 0.697. The topological polar surface area (TPSA) is 57.8 Å². The number of carbonyl (C=O) groups excluding carboxylic acids is 1. The molecule has 0 spiro atoms. The zero-order valence-electron chi connectivity index (χ0n) is 13.6. The van der Waals surface area contributed by atoms with Crippen LogP contribution < -0.4 is 5.32 Å². The van der Waals surface area contributed by atoms with Crippen LogP contribution in [-0.4, -0.2) is 16.4 Å². The lowest BCUT2D eigenvalue weighted by molar-refractivity contribution is -0.105. The van der Waals surface area contributed by atoms with Crippen LogP contribution in [0.3, 0.4) is 0 Å². The predicted octanol–water partition coefficient (Wildman–Crippen LogP) is 4.57. The maximum absolute atomic E-state index is 10.7. The standard InChI is InChI=1S/C20H17N3O/c1-12-8-17-18-16(14-4-3-5-15(9-14)22-11-24)7-6-13(2)19(18)23-20(17)21-10-12/h3-11H,1-2H3,(H,21,23)(H,22,24). The summed E-state index contributed by atoms with van der Waals surface area (Å²) >= 11 is 0. The first-order valence-electron chi connectivity index (χ1n) is 7.85. The Morgan fingerprint density at radius 1 is 1.12 bits per heavy atom. The average Bonchev–Trinajstić information content (AvgIpc) is 2.96. The van der Waals surface area contributed by atoms with Gasteiger partial charge >= 0.3 is 0 Å². The van der Waals surface area contributed by atoms with Gasteiger partial charge in [0.25, 0.3) is 0 Å². The molecule has 0 saturated carbocycles. The van der Waals surface area contributed by atoms with E-state index in [1.165, 1.54) is 10.9 Å². The van der Waals surface area contributed by atoms with E-state index >= 15 is 0 Å². The number of aromatic amines is 1. The Kier molecular flexibility index (Phi) is 3.31. The molecule has 0 aliphatic heterocycles. The van der Waals surface area contributed by atoms with Crippen molar-refractivity contribution in [1.29, 1.82) is 0 Å². The fourth-order valence-corrected chi connectivity index (χ4v) is 3.21. The van der Waals surface area contributed by atoms with Crippen molar-refractivity contribution in [3.05, 3.63) is 59.8 Å². The largest absolute Gasteiger partial charge is 0.339 e. The molecule has 2 N–H and O–H groups in total. The van der Waals surface area contributed by atoms with Crippen molar-refractivity contribution < 1.29 is 4.79 Å². The second-order valence-corrected chi connectivity index (χ2v) is 6.06. The van der Waals surface area contributed by atoms with E-state index in [1.54, 1.807) is 0 Å². The molecular formula is C20H17N3O. The van der Waals surface area contributed by atoms with Gasteiger partial charge < -0.3 is 10.3 Å². The molecule has 0 unspecified atom stereocenters. The molecule has 2 aromatic carbocycles. The number of nitrogens with one attached hydrogen (secondary N) is 2. The Bertz CT molecular complexity index is 1080. The molecule has 0 aliphatic rings. The van der Waals surface area contributed by atoms with Crippen LogP contribution in [0.4, 0.5) is 5.69 Å². The Labute approximate surface area is 139 Å². The van der Waals surface area contributed by atoms with Crippen LogP contribution in [-0.2, 0) is 4.79 Å². The summed E-state index contributed by atoms with van der Waals surface area (Å²) in [5, 5.41) is 5.01. The van der Waals surface area contributed by atoms with Crippen molar-refractivity contribution >= 4 is 34.0 Å². The summed E-state index contributed by atoms with van der Waals surface area (Å²) in [6, 6.07) is 14.3. The summed E-state index contributed by atoms with van der Waals surface area (Å²) in [4.78, 5) is 18.7. The molecule has 4 nitrogen and oxygen atoms in total. The highest BCUT2D eigenvalue weighted by molar-refractivity contribution is 6.14. The normalized spacial score (nSPS) is 11.1. The van der Waals surface area contributed by atoms with Gasteiger partial charge in [0.05, 0.1) is 5.52 Å². The predicted molar refractivity (Wildman–Crippen MR) is 98.2 cm³/mol. The molecule has 4 aromatic rings. The van der Waals surface area contributed by atoms with Gasteiger partial charge in [0.2, 0.25) is 6.41 Å². The first-order valence-corrected chi connectivity index (χ1v) is 7.85. The van der Waals surface area contributed by atoms with E-state index in [0.29, 0.717) is 6.41 Å². The van der Waals surface area contributed by atoms with E-state index in [-0.39, 0.29) is 0 Å². The van der Waals surface area contributed by atoms with E-state index < -0.39 is 0 Å². The number of hydrogen-bond donors (Lipinski definition) is 2. The summed E-state index contributed by atoms with van der Waals surface area (Å²) in [5.74, 6) is 0. The van der Waals surface area contributed by atoms with Crippen LogP contribution in [0.2, 0.25) is 0 Å². The average molecular weight is 315 g/mol. The number of H-pyrrole nitrogens is 1. The fraction of sp³-hybridized carbons (Fsp3) is 0.100. The van der Waals surface area contributed by atoms with Crippen molar-refractivity contribution in [1.82, 2.24) is 9.97 Å². The number of amides is 1. The first-order chi connectivity index (χ1) is 11.7. The van der Waals surface area contributed by atoms with E-state index in [1.807, 2.05) is 24.4 Å². The number of pyridine rings is 1. The minimum absolute atomic E-state index is 0.697. The summed E-state index contributed by atoms with van der Waals surface area (Å²) in [5.41, 5.74) is 7.30. The van der Waals surface area contributed by atoms with Gasteiger partial charge in [-0.15, -0.1) is 0 Å². The molecule has 0 fully saturated rings. The van der Waals surface area contributed by atoms with Crippen molar-refractivity contribution in [2.24, 2.45) is 0 Å². The van der Waals surface area contributed by atoms with Gasteiger partial charge in [0.1, 0.15) is 5.65 Å². The third-order valence-corrected chi connectivity index (χ3v) is 4.35. The molecule has 2 heterocycles. The van der Waals surface area contributed by atoms with E-state index in [4.69, 9.17) is 0 Å². The Morgan fingerprint density at radius 2 is 2.00 bits per heavy atom. The van der Waals surface area contributed by atoms with Gasteiger partial charge in [-0.1, -0.05) is 24.3 Å². The van der Waals surface area contributed by atoms with Crippen LogP contribution in [0.25, 0.3) is 33.1 Å². The molecule has 0 radical (unpaired) electrons. The van der Waals surface area contributed by atoms with Crippen molar-refractivity contribution in [3.8, 4) is 11.1 Å². The van der Waals surface area contributed by atoms with Gasteiger partial charge in [-0.2, -0.15) is 0 Å².